The molecule has 0 saturated heterocycles. The lowest BCUT2D eigenvalue weighted by Gasteiger charge is -2.36. The number of anilines is 3. The van der Waals surface area contributed by atoms with E-state index in [9.17, 15) is 4.79 Å². The van der Waals surface area contributed by atoms with E-state index >= 15 is 0 Å². The van der Waals surface area contributed by atoms with Crippen LogP contribution in [0.5, 0.6) is 0 Å². The van der Waals surface area contributed by atoms with Crippen molar-refractivity contribution < 1.29 is 4.79 Å². The Balaban J connectivity index is 1.44. The molecule has 166 valence electrons. The van der Waals surface area contributed by atoms with Gasteiger partial charge >= 0.3 is 6.03 Å². The zero-order chi connectivity index (χ0) is 22.0. The molecule has 0 radical (unpaired) electrons. The van der Waals surface area contributed by atoms with Crippen molar-refractivity contribution in [3.63, 3.8) is 0 Å². The van der Waals surface area contributed by atoms with Crippen LogP contribution in [0.15, 0.2) is 28.7 Å². The number of hydrogen-bond acceptors (Lipinski definition) is 5. The van der Waals surface area contributed by atoms with Gasteiger partial charge in [-0.3, -0.25) is 4.90 Å². The standard InChI is InChI=1S/C23H31BrN6O/c1-29(2)21-19-5-3-4-6-20(19)27-23(28-21)26-16-9-13-18(14-10-16)30(22(25)31)17-11-7-15(24)8-12-17/h7-8,11-12,16,18H,3-6,9-10,13-14H2,1-2H3,(H2,25,31)(H,26,27,28). The van der Waals surface area contributed by atoms with Crippen LogP contribution in [-0.4, -0.2) is 42.2 Å². The van der Waals surface area contributed by atoms with Gasteiger partial charge in [0.2, 0.25) is 5.95 Å². The molecule has 0 atom stereocenters. The molecule has 0 unspecified atom stereocenters. The summed E-state index contributed by atoms with van der Waals surface area (Å²) in [6, 6.07) is 7.76. The molecule has 1 fully saturated rings. The molecule has 0 bridgehead atoms. The minimum Gasteiger partial charge on any atom is -0.362 e. The van der Waals surface area contributed by atoms with Crippen molar-refractivity contribution in [3.05, 3.63) is 40.0 Å². The van der Waals surface area contributed by atoms with Gasteiger partial charge in [-0.15, -0.1) is 0 Å². The molecule has 31 heavy (non-hydrogen) atoms. The van der Waals surface area contributed by atoms with Gasteiger partial charge in [0.15, 0.2) is 0 Å². The molecule has 1 saturated carbocycles. The third kappa shape index (κ3) is 4.95. The van der Waals surface area contributed by atoms with E-state index in [0.29, 0.717) is 6.04 Å². The molecule has 2 aromatic rings. The summed E-state index contributed by atoms with van der Waals surface area (Å²) >= 11 is 3.45. The number of carbonyl (C=O) groups excluding carboxylic acids is 1. The lowest BCUT2D eigenvalue weighted by Crippen LogP contribution is -2.46. The number of fused-ring (bicyclic) bond motifs is 1. The maximum absolute atomic E-state index is 12.2. The normalized spacial score (nSPS) is 20.6. The zero-order valence-corrected chi connectivity index (χ0v) is 19.9. The molecule has 2 amide bonds. The van der Waals surface area contributed by atoms with Gasteiger partial charge in [-0.05, 0) is 75.6 Å². The molecule has 3 N–H and O–H groups in total. The van der Waals surface area contributed by atoms with E-state index in [0.717, 1.165) is 60.5 Å². The Hall–Kier alpha value is -2.35. The van der Waals surface area contributed by atoms with E-state index in [4.69, 9.17) is 15.7 Å². The predicted octanol–water partition coefficient (Wildman–Crippen LogP) is 4.49. The second kappa shape index (κ2) is 9.42. The molecule has 0 spiro atoms. The van der Waals surface area contributed by atoms with Crippen LogP contribution < -0.4 is 20.9 Å². The maximum Gasteiger partial charge on any atom is 0.319 e. The minimum atomic E-state index is -0.396. The van der Waals surface area contributed by atoms with E-state index in [1.807, 2.05) is 38.4 Å². The third-order valence-corrected chi connectivity index (χ3v) is 6.85. The Morgan fingerprint density at radius 2 is 1.74 bits per heavy atom. The summed E-state index contributed by atoms with van der Waals surface area (Å²) < 4.78 is 0.982. The molecule has 7 nitrogen and oxygen atoms in total. The van der Waals surface area contributed by atoms with Crippen LogP contribution in [0.3, 0.4) is 0 Å². The lowest BCUT2D eigenvalue weighted by molar-refractivity contribution is 0.248. The summed E-state index contributed by atoms with van der Waals surface area (Å²) in [6.07, 6.45) is 8.17. The molecule has 1 aromatic carbocycles. The summed E-state index contributed by atoms with van der Waals surface area (Å²) in [6.45, 7) is 0. The van der Waals surface area contributed by atoms with Crippen LogP contribution >= 0.6 is 15.9 Å². The number of benzene rings is 1. The fourth-order valence-electron chi connectivity index (χ4n) is 4.79. The molecule has 4 rings (SSSR count). The molecule has 1 heterocycles. The molecule has 8 heteroatoms. The first kappa shape index (κ1) is 21.9. The van der Waals surface area contributed by atoms with Crippen molar-refractivity contribution in [2.24, 2.45) is 5.73 Å². The average Bonchev–Trinajstić information content (AvgIpc) is 2.75. The SMILES string of the molecule is CN(C)c1nc(NC2CCC(N(C(N)=O)c3ccc(Br)cc3)CC2)nc2c1CCCC2. The first-order valence-corrected chi connectivity index (χ1v) is 11.9. The van der Waals surface area contributed by atoms with Crippen molar-refractivity contribution in [2.45, 2.75) is 63.5 Å². The summed E-state index contributed by atoms with van der Waals surface area (Å²) in [5, 5.41) is 3.57. The van der Waals surface area contributed by atoms with Crippen LogP contribution in [0.2, 0.25) is 0 Å². The number of carbonyl (C=O) groups is 1. The number of halogens is 1. The number of primary amides is 1. The average molecular weight is 487 g/mol. The zero-order valence-electron chi connectivity index (χ0n) is 18.3. The van der Waals surface area contributed by atoms with Gasteiger partial charge in [0.05, 0.1) is 5.69 Å². The van der Waals surface area contributed by atoms with Gasteiger partial charge < -0.3 is 16.0 Å². The number of aromatic nitrogens is 2. The minimum absolute atomic E-state index is 0.110. The Labute approximate surface area is 192 Å². The van der Waals surface area contributed by atoms with Crippen molar-refractivity contribution in [3.8, 4) is 0 Å². The number of aryl methyl sites for hydroxylation is 1. The monoisotopic (exact) mass is 486 g/mol. The fraction of sp³-hybridized carbons (Fsp3) is 0.522. The Morgan fingerprint density at radius 1 is 1.06 bits per heavy atom. The highest BCUT2D eigenvalue weighted by Gasteiger charge is 2.29. The quantitative estimate of drug-likeness (QED) is 0.649. The summed E-state index contributed by atoms with van der Waals surface area (Å²) in [7, 11) is 4.10. The Bertz CT molecular complexity index is 924. The van der Waals surface area contributed by atoms with Gasteiger partial charge in [0, 0.05) is 41.9 Å². The van der Waals surface area contributed by atoms with E-state index in [-0.39, 0.29) is 6.04 Å². The Kier molecular flexibility index (Phi) is 6.65. The van der Waals surface area contributed by atoms with Crippen LogP contribution in [0, 0.1) is 0 Å². The fourth-order valence-corrected chi connectivity index (χ4v) is 5.05. The van der Waals surface area contributed by atoms with Gasteiger partial charge in [0.25, 0.3) is 0 Å². The maximum atomic E-state index is 12.2. The highest BCUT2D eigenvalue weighted by atomic mass is 79.9. The first-order valence-electron chi connectivity index (χ1n) is 11.1. The highest BCUT2D eigenvalue weighted by Crippen LogP contribution is 2.31. The van der Waals surface area contributed by atoms with Gasteiger partial charge in [-0.2, -0.15) is 4.98 Å². The van der Waals surface area contributed by atoms with Crippen molar-refractivity contribution in [1.82, 2.24) is 9.97 Å². The topological polar surface area (TPSA) is 87.4 Å². The molecule has 2 aliphatic rings. The largest absolute Gasteiger partial charge is 0.362 e. The second-order valence-corrected chi connectivity index (χ2v) is 9.65. The molecular formula is C23H31BrN6O. The summed E-state index contributed by atoms with van der Waals surface area (Å²) in [5.74, 6) is 1.77. The van der Waals surface area contributed by atoms with Gasteiger partial charge in [-0.25, -0.2) is 9.78 Å². The predicted molar refractivity (Wildman–Crippen MR) is 129 cm³/mol. The second-order valence-electron chi connectivity index (χ2n) is 8.73. The number of amides is 2. The van der Waals surface area contributed by atoms with Crippen LogP contribution in [0.4, 0.5) is 22.2 Å². The molecule has 2 aliphatic carbocycles. The summed E-state index contributed by atoms with van der Waals surface area (Å²) in [5.41, 5.74) is 9.08. The summed E-state index contributed by atoms with van der Waals surface area (Å²) in [4.78, 5) is 25.7. The van der Waals surface area contributed by atoms with Crippen LogP contribution in [-0.2, 0) is 12.8 Å². The first-order chi connectivity index (χ1) is 14.9. The van der Waals surface area contributed by atoms with Crippen LogP contribution in [0.25, 0.3) is 0 Å². The molecule has 1 aromatic heterocycles. The smallest absolute Gasteiger partial charge is 0.319 e. The molecular weight excluding hydrogens is 456 g/mol. The number of nitrogens with one attached hydrogen (secondary N) is 1. The van der Waals surface area contributed by atoms with E-state index in [2.05, 4.69) is 26.1 Å². The van der Waals surface area contributed by atoms with E-state index in [1.165, 1.54) is 24.1 Å². The number of nitrogens with two attached hydrogens (primary N) is 1. The van der Waals surface area contributed by atoms with Crippen molar-refractivity contribution in [2.75, 3.05) is 29.2 Å². The van der Waals surface area contributed by atoms with Crippen molar-refractivity contribution >= 4 is 39.4 Å². The lowest BCUT2D eigenvalue weighted by atomic mass is 9.90. The van der Waals surface area contributed by atoms with E-state index in [1.54, 1.807) is 4.90 Å². The van der Waals surface area contributed by atoms with Crippen molar-refractivity contribution in [1.29, 1.82) is 0 Å². The van der Waals surface area contributed by atoms with E-state index < -0.39 is 6.03 Å². The number of urea groups is 1. The third-order valence-electron chi connectivity index (χ3n) is 6.32. The van der Waals surface area contributed by atoms with Gasteiger partial charge in [0.1, 0.15) is 5.82 Å². The highest BCUT2D eigenvalue weighted by molar-refractivity contribution is 9.10. The number of nitrogens with zero attached hydrogens (tertiary/aromatic N) is 4. The van der Waals surface area contributed by atoms with Gasteiger partial charge in [-0.1, -0.05) is 15.9 Å². The number of hydrogen-bond donors (Lipinski definition) is 2. The molecule has 0 aliphatic heterocycles. The number of rotatable bonds is 5. The Morgan fingerprint density at radius 3 is 2.39 bits per heavy atom. The van der Waals surface area contributed by atoms with Crippen LogP contribution in [0.1, 0.15) is 49.8 Å².